The first-order valence-electron chi connectivity index (χ1n) is 19.1. The van der Waals surface area contributed by atoms with Gasteiger partial charge in [0.05, 0.1) is 16.4 Å². The zero-order valence-corrected chi connectivity index (χ0v) is 30.5. The van der Waals surface area contributed by atoms with Crippen molar-refractivity contribution in [1.29, 1.82) is 0 Å². The first-order chi connectivity index (χ1) is 27.7. The van der Waals surface area contributed by atoms with Gasteiger partial charge in [-0.3, -0.25) is 0 Å². The number of aromatic nitrogens is 1. The van der Waals surface area contributed by atoms with Crippen LogP contribution in [0.3, 0.4) is 0 Å². The molecule has 11 rings (SSSR count). The van der Waals surface area contributed by atoms with Gasteiger partial charge in [0, 0.05) is 33.5 Å². The molecule has 2 nitrogen and oxygen atoms in total. The third kappa shape index (κ3) is 4.81. The molecule has 1 aliphatic rings. The number of fused-ring (bicyclic) bond motifs is 7. The molecule has 0 saturated carbocycles. The minimum Gasteiger partial charge on any atom is -0.310 e. The molecule has 56 heavy (non-hydrogen) atoms. The van der Waals surface area contributed by atoms with Crippen LogP contribution >= 0.6 is 0 Å². The maximum Gasteiger partial charge on any atom is 0.123 e. The summed E-state index contributed by atoms with van der Waals surface area (Å²) in [5, 5.41) is 4.74. The van der Waals surface area contributed by atoms with E-state index < -0.39 is 5.41 Å². The molecule has 0 fully saturated rings. The molecule has 0 spiro atoms. The van der Waals surface area contributed by atoms with Gasteiger partial charge in [-0.2, -0.15) is 0 Å². The number of anilines is 3. The Labute approximate surface area is 325 Å². The zero-order chi connectivity index (χ0) is 37.2. The van der Waals surface area contributed by atoms with E-state index in [0.29, 0.717) is 0 Å². The number of benzene rings is 9. The second-order valence-electron chi connectivity index (χ2n) is 14.7. The first-order valence-corrected chi connectivity index (χ1v) is 19.1. The number of hydrogen-bond acceptors (Lipinski definition) is 1. The molecule has 1 aliphatic carbocycles. The van der Waals surface area contributed by atoms with Crippen molar-refractivity contribution in [2.75, 3.05) is 4.90 Å². The third-order valence-electron chi connectivity index (χ3n) is 11.7. The van der Waals surface area contributed by atoms with Crippen LogP contribution < -0.4 is 4.90 Å². The van der Waals surface area contributed by atoms with Gasteiger partial charge in [0.25, 0.3) is 0 Å². The summed E-state index contributed by atoms with van der Waals surface area (Å²) in [4.78, 5) is 2.38. The van der Waals surface area contributed by atoms with Gasteiger partial charge in [-0.05, 0) is 129 Å². The molecule has 0 saturated heterocycles. The number of hydrogen-bond donors (Lipinski definition) is 0. The summed E-state index contributed by atoms with van der Waals surface area (Å²) in [5.74, 6) is -0.246. The highest BCUT2D eigenvalue weighted by Gasteiger charge is 2.46. The quantitative estimate of drug-likeness (QED) is 0.166. The van der Waals surface area contributed by atoms with E-state index in [4.69, 9.17) is 0 Å². The number of halogens is 1. The van der Waals surface area contributed by atoms with Gasteiger partial charge in [0.15, 0.2) is 0 Å². The Balaban J connectivity index is 1.18. The predicted molar refractivity (Wildman–Crippen MR) is 230 cm³/mol. The first kappa shape index (κ1) is 32.2. The molecule has 3 heteroatoms. The van der Waals surface area contributed by atoms with Crippen molar-refractivity contribution in [2.45, 2.75) is 5.41 Å². The van der Waals surface area contributed by atoms with E-state index in [1.807, 2.05) is 12.1 Å². The minimum absolute atomic E-state index is 0.246. The lowest BCUT2D eigenvalue weighted by atomic mass is 9.67. The smallest absolute Gasteiger partial charge is 0.123 e. The molecule has 0 amide bonds. The molecule has 0 bridgehead atoms. The van der Waals surface area contributed by atoms with Crippen LogP contribution in [0.15, 0.2) is 212 Å². The van der Waals surface area contributed by atoms with Crippen molar-refractivity contribution in [3.63, 3.8) is 0 Å². The van der Waals surface area contributed by atoms with E-state index in [2.05, 4.69) is 198 Å². The molecule has 9 aromatic carbocycles. The van der Waals surface area contributed by atoms with E-state index in [9.17, 15) is 4.39 Å². The van der Waals surface area contributed by atoms with Crippen LogP contribution in [0.25, 0.3) is 49.4 Å². The highest BCUT2D eigenvalue weighted by atomic mass is 19.1. The van der Waals surface area contributed by atoms with Crippen LogP contribution in [0.5, 0.6) is 0 Å². The molecular weight excluding hydrogens is 684 g/mol. The fourth-order valence-corrected chi connectivity index (χ4v) is 9.29. The maximum absolute atomic E-state index is 14.1. The van der Waals surface area contributed by atoms with Crippen LogP contribution in [0, 0.1) is 5.82 Å². The van der Waals surface area contributed by atoms with E-state index in [-0.39, 0.29) is 5.82 Å². The van der Waals surface area contributed by atoms with Crippen LogP contribution in [-0.4, -0.2) is 4.57 Å². The third-order valence-corrected chi connectivity index (χ3v) is 11.7. The average Bonchev–Trinajstić information content (AvgIpc) is 3.74. The highest BCUT2D eigenvalue weighted by Crippen LogP contribution is 2.58. The van der Waals surface area contributed by atoms with Crippen molar-refractivity contribution in [1.82, 2.24) is 4.57 Å². The Morgan fingerprint density at radius 2 is 0.946 bits per heavy atom. The fourth-order valence-electron chi connectivity index (χ4n) is 9.29. The lowest BCUT2D eigenvalue weighted by Gasteiger charge is -2.35. The molecule has 264 valence electrons. The van der Waals surface area contributed by atoms with Gasteiger partial charge in [0.1, 0.15) is 5.82 Å². The SMILES string of the molecule is Fc1ccc(-n2c3ccccc3c3cc(N(c4ccccc4)c4ccc5c(c4)C(c4ccccc4)(c4ccccc4)c4cc6ccccc6cc4-5)ccc32)cc1. The topological polar surface area (TPSA) is 8.17 Å². The summed E-state index contributed by atoms with van der Waals surface area (Å²) >= 11 is 0. The molecular formula is C53H35FN2. The Kier molecular flexibility index (Phi) is 7.30. The van der Waals surface area contributed by atoms with Crippen LogP contribution in [0.4, 0.5) is 21.5 Å². The molecule has 0 aliphatic heterocycles. The summed E-state index contributed by atoms with van der Waals surface area (Å²) in [6.45, 7) is 0. The van der Waals surface area contributed by atoms with Crippen molar-refractivity contribution >= 4 is 49.6 Å². The summed E-state index contributed by atoms with van der Waals surface area (Å²) in [7, 11) is 0. The Morgan fingerprint density at radius 1 is 0.393 bits per heavy atom. The zero-order valence-electron chi connectivity index (χ0n) is 30.5. The number of nitrogens with zero attached hydrogens (tertiary/aromatic N) is 2. The summed E-state index contributed by atoms with van der Waals surface area (Å²) < 4.78 is 16.3. The van der Waals surface area contributed by atoms with Gasteiger partial charge in [-0.15, -0.1) is 0 Å². The molecule has 0 radical (unpaired) electrons. The second-order valence-corrected chi connectivity index (χ2v) is 14.7. The molecule has 10 aromatic rings. The normalized spacial score (nSPS) is 12.9. The number of para-hydroxylation sites is 2. The van der Waals surface area contributed by atoms with E-state index in [1.54, 1.807) is 0 Å². The average molecular weight is 719 g/mol. The highest BCUT2D eigenvalue weighted by molar-refractivity contribution is 6.10. The molecule has 0 atom stereocenters. The van der Waals surface area contributed by atoms with Gasteiger partial charge in [-0.1, -0.05) is 127 Å². The fraction of sp³-hybridized carbons (Fsp3) is 0.0189. The standard InChI is InChI=1S/C53H35FN2/c54-40-24-26-42(27-25-40)56-51-23-13-12-22-46(51)48-34-43(29-31-52(48)56)55(41-20-8-3-9-21-41)44-28-30-45-47-32-36-14-10-11-15-37(36)33-49(47)53(50(45)35-44,38-16-4-1-5-17-38)39-18-6-2-7-19-39/h1-35H. The minimum atomic E-state index is -0.553. The molecule has 1 aromatic heterocycles. The Hall–Kier alpha value is -7.23. The van der Waals surface area contributed by atoms with Crippen LogP contribution in [0.2, 0.25) is 0 Å². The van der Waals surface area contributed by atoms with Gasteiger partial charge < -0.3 is 9.47 Å². The van der Waals surface area contributed by atoms with Crippen LogP contribution in [0.1, 0.15) is 22.3 Å². The molecule has 0 N–H and O–H groups in total. The van der Waals surface area contributed by atoms with Crippen LogP contribution in [-0.2, 0) is 5.41 Å². The van der Waals surface area contributed by atoms with Gasteiger partial charge >= 0.3 is 0 Å². The summed E-state index contributed by atoms with van der Waals surface area (Å²) in [5.41, 5.74) is 13.2. The molecule has 1 heterocycles. The van der Waals surface area contributed by atoms with E-state index in [0.717, 1.165) is 44.6 Å². The van der Waals surface area contributed by atoms with Crippen molar-refractivity contribution in [2.24, 2.45) is 0 Å². The van der Waals surface area contributed by atoms with Gasteiger partial charge in [-0.25, -0.2) is 4.39 Å². The van der Waals surface area contributed by atoms with Crippen molar-refractivity contribution in [3.8, 4) is 16.8 Å². The van der Waals surface area contributed by atoms with Crippen molar-refractivity contribution < 1.29 is 4.39 Å². The van der Waals surface area contributed by atoms with E-state index in [1.165, 1.54) is 56.3 Å². The van der Waals surface area contributed by atoms with E-state index >= 15 is 0 Å². The lowest BCUT2D eigenvalue weighted by molar-refractivity contribution is 0.627. The largest absolute Gasteiger partial charge is 0.310 e. The van der Waals surface area contributed by atoms with Crippen molar-refractivity contribution in [3.05, 3.63) is 240 Å². The monoisotopic (exact) mass is 718 g/mol. The predicted octanol–water partition coefficient (Wildman–Crippen LogP) is 13.9. The Bertz CT molecular complexity index is 3040. The lowest BCUT2D eigenvalue weighted by Crippen LogP contribution is -2.28. The summed E-state index contributed by atoms with van der Waals surface area (Å²) in [6.07, 6.45) is 0. The molecule has 0 unspecified atom stereocenters. The Morgan fingerprint density at radius 3 is 1.66 bits per heavy atom. The number of rotatable bonds is 6. The summed E-state index contributed by atoms with van der Waals surface area (Å²) in [6, 6.07) is 75.2. The maximum atomic E-state index is 14.1. The second kappa shape index (κ2) is 12.7. The van der Waals surface area contributed by atoms with Gasteiger partial charge in [0.2, 0.25) is 0 Å².